The van der Waals surface area contributed by atoms with Crippen molar-refractivity contribution in [1.82, 2.24) is 0 Å². The SMILES string of the molecule is CCCCC=CC=COC(=O)C(CCCCCCCCCCCC)CC(C)C. The van der Waals surface area contributed by atoms with E-state index in [-0.39, 0.29) is 11.9 Å². The minimum atomic E-state index is -0.0529. The van der Waals surface area contributed by atoms with Crippen LogP contribution in [0.4, 0.5) is 0 Å². The maximum absolute atomic E-state index is 12.4. The maximum Gasteiger partial charge on any atom is 0.313 e. The van der Waals surface area contributed by atoms with Crippen LogP contribution < -0.4 is 0 Å². The molecule has 0 rings (SSSR count). The minimum absolute atomic E-state index is 0.0442. The molecule has 0 fully saturated rings. The lowest BCUT2D eigenvalue weighted by molar-refractivity contribution is -0.143. The normalized spacial score (nSPS) is 13.0. The lowest BCUT2D eigenvalue weighted by Gasteiger charge is -2.16. The van der Waals surface area contributed by atoms with E-state index in [1.165, 1.54) is 70.6 Å². The summed E-state index contributed by atoms with van der Waals surface area (Å²) in [6.45, 7) is 8.83. The number of carbonyl (C=O) groups excluding carboxylic acids is 1. The van der Waals surface area contributed by atoms with E-state index < -0.39 is 0 Å². The van der Waals surface area contributed by atoms with Gasteiger partial charge in [0, 0.05) is 0 Å². The van der Waals surface area contributed by atoms with E-state index in [2.05, 4.69) is 33.8 Å². The number of esters is 1. The van der Waals surface area contributed by atoms with E-state index in [4.69, 9.17) is 4.74 Å². The Morgan fingerprint density at radius 3 is 1.93 bits per heavy atom. The van der Waals surface area contributed by atoms with Crippen molar-refractivity contribution in [2.75, 3.05) is 0 Å². The number of hydrogen-bond acceptors (Lipinski definition) is 2. The second kappa shape index (κ2) is 20.7. The van der Waals surface area contributed by atoms with Crippen molar-refractivity contribution >= 4 is 5.97 Å². The Bertz CT molecular complexity index is 395. The smallest absolute Gasteiger partial charge is 0.313 e. The summed E-state index contributed by atoms with van der Waals surface area (Å²) >= 11 is 0. The molecule has 1 unspecified atom stereocenters. The molecule has 0 aromatic carbocycles. The average molecular weight is 393 g/mol. The fourth-order valence-electron chi connectivity index (χ4n) is 3.52. The Balaban J connectivity index is 3.95. The highest BCUT2D eigenvalue weighted by atomic mass is 16.5. The lowest BCUT2D eigenvalue weighted by Crippen LogP contribution is -2.18. The zero-order valence-corrected chi connectivity index (χ0v) is 19.4. The molecule has 0 spiro atoms. The number of carbonyl (C=O) groups is 1. The summed E-state index contributed by atoms with van der Waals surface area (Å²) in [6, 6.07) is 0. The third-order valence-electron chi connectivity index (χ3n) is 5.23. The Morgan fingerprint density at radius 1 is 0.786 bits per heavy atom. The van der Waals surface area contributed by atoms with Gasteiger partial charge in [0.2, 0.25) is 0 Å². The molecular weight excluding hydrogens is 344 g/mol. The molecule has 2 heteroatoms. The van der Waals surface area contributed by atoms with Gasteiger partial charge in [-0.3, -0.25) is 4.79 Å². The first-order valence-corrected chi connectivity index (χ1v) is 12.1. The summed E-state index contributed by atoms with van der Waals surface area (Å²) in [7, 11) is 0. The second-order valence-electron chi connectivity index (χ2n) is 8.63. The highest BCUT2D eigenvalue weighted by Crippen LogP contribution is 2.21. The van der Waals surface area contributed by atoms with Gasteiger partial charge in [-0.25, -0.2) is 0 Å². The van der Waals surface area contributed by atoms with Gasteiger partial charge in [-0.05, 0) is 31.3 Å². The molecule has 0 aliphatic heterocycles. The molecule has 0 saturated heterocycles. The average Bonchev–Trinajstić information content (AvgIpc) is 2.67. The van der Waals surface area contributed by atoms with Gasteiger partial charge in [0.15, 0.2) is 0 Å². The highest BCUT2D eigenvalue weighted by molar-refractivity contribution is 5.73. The Kier molecular flexibility index (Phi) is 19.9. The first-order chi connectivity index (χ1) is 13.6. The molecule has 0 aliphatic rings. The van der Waals surface area contributed by atoms with Crippen LogP contribution in [0.25, 0.3) is 0 Å². The molecule has 0 heterocycles. The largest absolute Gasteiger partial charge is 0.434 e. The summed E-state index contributed by atoms with van der Waals surface area (Å²) in [5, 5.41) is 0. The molecular formula is C26H48O2. The zero-order chi connectivity index (χ0) is 20.9. The van der Waals surface area contributed by atoms with Gasteiger partial charge in [-0.15, -0.1) is 0 Å². The summed E-state index contributed by atoms with van der Waals surface area (Å²) in [4.78, 5) is 12.4. The van der Waals surface area contributed by atoms with Crippen LogP contribution in [0, 0.1) is 11.8 Å². The lowest BCUT2D eigenvalue weighted by atomic mass is 9.92. The van der Waals surface area contributed by atoms with Crippen molar-refractivity contribution in [2.45, 2.75) is 124 Å². The predicted octanol–water partition coefficient (Wildman–Crippen LogP) is 8.76. The van der Waals surface area contributed by atoms with E-state index in [1.807, 2.05) is 12.2 Å². The Morgan fingerprint density at radius 2 is 1.36 bits per heavy atom. The van der Waals surface area contributed by atoms with Crippen LogP contribution in [0.3, 0.4) is 0 Å². The van der Waals surface area contributed by atoms with Gasteiger partial charge in [-0.1, -0.05) is 117 Å². The first-order valence-electron chi connectivity index (χ1n) is 12.1. The van der Waals surface area contributed by atoms with Crippen molar-refractivity contribution in [3.05, 3.63) is 24.5 Å². The van der Waals surface area contributed by atoms with Gasteiger partial charge in [0.05, 0.1) is 12.2 Å². The molecule has 0 aromatic heterocycles. The van der Waals surface area contributed by atoms with Gasteiger partial charge < -0.3 is 4.74 Å². The van der Waals surface area contributed by atoms with Crippen molar-refractivity contribution in [3.8, 4) is 0 Å². The molecule has 164 valence electrons. The standard InChI is InChI=1S/C26H48O2/c1-5-7-9-11-13-14-15-16-17-19-21-25(23-24(3)4)26(27)28-22-20-18-12-10-8-6-2/h12,18,20,22,24-25H,5-11,13-17,19,21,23H2,1-4H3. The van der Waals surface area contributed by atoms with Crippen molar-refractivity contribution < 1.29 is 9.53 Å². The highest BCUT2D eigenvalue weighted by Gasteiger charge is 2.20. The van der Waals surface area contributed by atoms with Crippen molar-refractivity contribution in [1.29, 1.82) is 0 Å². The molecule has 0 radical (unpaired) electrons. The summed E-state index contributed by atoms with van der Waals surface area (Å²) in [6.07, 6.45) is 26.2. The van der Waals surface area contributed by atoms with Crippen LogP contribution in [0.1, 0.15) is 124 Å². The van der Waals surface area contributed by atoms with Crippen LogP contribution in [0.5, 0.6) is 0 Å². The first kappa shape index (κ1) is 27.0. The minimum Gasteiger partial charge on any atom is -0.434 e. The number of allylic oxidation sites excluding steroid dienone is 3. The van der Waals surface area contributed by atoms with E-state index in [9.17, 15) is 4.79 Å². The molecule has 1 atom stereocenters. The molecule has 0 aliphatic carbocycles. The summed E-state index contributed by atoms with van der Waals surface area (Å²) in [5.74, 6) is 0.518. The number of hydrogen-bond donors (Lipinski definition) is 0. The van der Waals surface area contributed by atoms with E-state index in [1.54, 1.807) is 6.26 Å². The maximum atomic E-state index is 12.4. The van der Waals surface area contributed by atoms with E-state index in [0.29, 0.717) is 5.92 Å². The fraction of sp³-hybridized carbons (Fsp3) is 0.808. The topological polar surface area (TPSA) is 26.3 Å². The zero-order valence-electron chi connectivity index (χ0n) is 19.4. The molecule has 0 amide bonds. The van der Waals surface area contributed by atoms with Crippen LogP contribution in [-0.2, 0) is 9.53 Å². The number of rotatable bonds is 19. The molecule has 0 saturated carbocycles. The fourth-order valence-corrected chi connectivity index (χ4v) is 3.52. The van der Waals surface area contributed by atoms with Crippen LogP contribution in [0.2, 0.25) is 0 Å². The Hall–Kier alpha value is -1.05. The van der Waals surface area contributed by atoms with Gasteiger partial charge in [0.1, 0.15) is 0 Å². The summed E-state index contributed by atoms with van der Waals surface area (Å²) < 4.78 is 5.38. The van der Waals surface area contributed by atoms with E-state index >= 15 is 0 Å². The summed E-state index contributed by atoms with van der Waals surface area (Å²) in [5.41, 5.74) is 0. The number of unbranched alkanes of at least 4 members (excludes halogenated alkanes) is 11. The van der Waals surface area contributed by atoms with Crippen LogP contribution in [-0.4, -0.2) is 5.97 Å². The third-order valence-corrected chi connectivity index (χ3v) is 5.23. The van der Waals surface area contributed by atoms with Gasteiger partial charge in [-0.2, -0.15) is 0 Å². The molecule has 0 N–H and O–H groups in total. The van der Waals surface area contributed by atoms with Crippen LogP contribution in [0.15, 0.2) is 24.5 Å². The quantitative estimate of drug-likeness (QED) is 0.0950. The molecule has 28 heavy (non-hydrogen) atoms. The Labute approximate surface area is 176 Å². The van der Waals surface area contributed by atoms with Gasteiger partial charge in [0.25, 0.3) is 0 Å². The third kappa shape index (κ3) is 18.3. The molecule has 0 bridgehead atoms. The molecule has 2 nitrogen and oxygen atoms in total. The van der Waals surface area contributed by atoms with E-state index in [0.717, 1.165) is 25.7 Å². The monoisotopic (exact) mass is 392 g/mol. The van der Waals surface area contributed by atoms with Crippen molar-refractivity contribution in [3.63, 3.8) is 0 Å². The molecule has 0 aromatic rings. The van der Waals surface area contributed by atoms with Crippen LogP contribution >= 0.6 is 0 Å². The van der Waals surface area contributed by atoms with Gasteiger partial charge >= 0.3 is 5.97 Å². The predicted molar refractivity (Wildman–Crippen MR) is 123 cm³/mol. The number of ether oxygens (including phenoxy) is 1. The second-order valence-corrected chi connectivity index (χ2v) is 8.63. The van der Waals surface area contributed by atoms with Crippen molar-refractivity contribution in [2.24, 2.45) is 11.8 Å².